The Kier molecular flexibility index (Phi) is 4.76. The molecule has 3 rings (SSSR count). The molecule has 0 spiro atoms. The topological polar surface area (TPSA) is 29.9 Å². The molecule has 0 radical (unpaired) electrons. The Hall–Kier alpha value is -2.46. The van der Waals surface area contributed by atoms with E-state index in [4.69, 9.17) is 0 Å². The van der Waals surface area contributed by atoms with E-state index in [1.807, 2.05) is 23.9 Å². The van der Waals surface area contributed by atoms with E-state index in [9.17, 15) is 4.39 Å². The summed E-state index contributed by atoms with van der Waals surface area (Å²) in [7, 11) is 1.95. The summed E-state index contributed by atoms with van der Waals surface area (Å²) >= 11 is 0. The molecule has 0 aliphatic heterocycles. The van der Waals surface area contributed by atoms with E-state index in [2.05, 4.69) is 42.3 Å². The molecule has 4 heteroatoms. The van der Waals surface area contributed by atoms with Crippen molar-refractivity contribution >= 4 is 0 Å². The van der Waals surface area contributed by atoms with Crippen LogP contribution in [0.5, 0.6) is 0 Å². The third-order valence-corrected chi connectivity index (χ3v) is 4.29. The Balaban J connectivity index is 1.89. The second-order valence-electron chi connectivity index (χ2n) is 6.20. The number of hydrogen-bond acceptors (Lipinski definition) is 2. The quantitative estimate of drug-likeness (QED) is 0.767. The normalized spacial score (nSPS) is 12.3. The van der Waals surface area contributed by atoms with Gasteiger partial charge in [0.1, 0.15) is 11.6 Å². The van der Waals surface area contributed by atoms with Crippen LogP contribution in [0, 0.1) is 19.7 Å². The third kappa shape index (κ3) is 3.54. The second-order valence-corrected chi connectivity index (χ2v) is 6.20. The predicted molar refractivity (Wildman–Crippen MR) is 94.2 cm³/mol. The Labute approximate surface area is 142 Å². The minimum absolute atomic E-state index is 0.165. The van der Waals surface area contributed by atoms with Crippen molar-refractivity contribution in [1.82, 2.24) is 14.9 Å². The number of nitrogens with zero attached hydrogens (tertiary/aromatic N) is 2. The number of nitrogens with one attached hydrogen (secondary N) is 1. The summed E-state index contributed by atoms with van der Waals surface area (Å²) in [6.45, 7) is 4.90. The highest BCUT2D eigenvalue weighted by atomic mass is 19.1. The molecule has 1 atom stereocenters. The first-order chi connectivity index (χ1) is 11.5. The molecular weight excluding hydrogens is 301 g/mol. The summed E-state index contributed by atoms with van der Waals surface area (Å²) in [5.74, 6) is 0.630. The fraction of sp³-hybridized carbons (Fsp3) is 0.250. The van der Waals surface area contributed by atoms with E-state index < -0.39 is 0 Å². The van der Waals surface area contributed by atoms with Gasteiger partial charge in [-0.15, -0.1) is 0 Å². The Morgan fingerprint density at radius 2 is 2.00 bits per heavy atom. The largest absolute Gasteiger partial charge is 0.336 e. The van der Waals surface area contributed by atoms with Crippen molar-refractivity contribution in [3.8, 4) is 0 Å². The van der Waals surface area contributed by atoms with Gasteiger partial charge in [0.05, 0.1) is 6.04 Å². The first kappa shape index (κ1) is 16.4. The van der Waals surface area contributed by atoms with Crippen molar-refractivity contribution in [1.29, 1.82) is 0 Å². The van der Waals surface area contributed by atoms with E-state index in [0.29, 0.717) is 6.54 Å². The molecule has 3 nitrogen and oxygen atoms in total. The number of hydrogen-bond donors (Lipinski definition) is 1. The number of benzene rings is 2. The van der Waals surface area contributed by atoms with Gasteiger partial charge in [0.2, 0.25) is 0 Å². The minimum atomic E-state index is -0.236. The molecule has 1 N–H and O–H groups in total. The summed E-state index contributed by atoms with van der Waals surface area (Å²) in [6, 6.07) is 12.9. The highest BCUT2D eigenvalue weighted by molar-refractivity contribution is 5.31. The number of rotatable bonds is 5. The van der Waals surface area contributed by atoms with Crippen molar-refractivity contribution in [2.24, 2.45) is 7.05 Å². The Bertz CT molecular complexity index is 838. The van der Waals surface area contributed by atoms with E-state index in [0.717, 1.165) is 11.4 Å². The molecule has 0 saturated heterocycles. The first-order valence-electron chi connectivity index (χ1n) is 8.07. The molecule has 2 aromatic carbocycles. The number of aromatic nitrogens is 2. The molecule has 0 fully saturated rings. The monoisotopic (exact) mass is 323 g/mol. The lowest BCUT2D eigenvalue weighted by atomic mass is 10.0. The van der Waals surface area contributed by atoms with Gasteiger partial charge in [-0.05, 0) is 42.7 Å². The molecule has 0 unspecified atom stereocenters. The summed E-state index contributed by atoms with van der Waals surface area (Å²) in [4.78, 5) is 4.45. The number of aryl methyl sites for hydroxylation is 3. The van der Waals surface area contributed by atoms with Gasteiger partial charge in [0.25, 0.3) is 0 Å². The smallest absolute Gasteiger partial charge is 0.130 e. The summed E-state index contributed by atoms with van der Waals surface area (Å²) in [5, 5.41) is 3.53. The molecule has 1 heterocycles. The Morgan fingerprint density at radius 3 is 2.67 bits per heavy atom. The average Bonchev–Trinajstić information content (AvgIpc) is 2.96. The van der Waals surface area contributed by atoms with Crippen LogP contribution in [0.15, 0.2) is 54.9 Å². The number of halogens is 1. The van der Waals surface area contributed by atoms with Gasteiger partial charge < -0.3 is 4.57 Å². The molecule has 1 aromatic heterocycles. The molecule has 0 amide bonds. The molecule has 124 valence electrons. The molecule has 0 aliphatic rings. The van der Waals surface area contributed by atoms with E-state index in [1.165, 1.54) is 22.8 Å². The van der Waals surface area contributed by atoms with Crippen LogP contribution in [0.4, 0.5) is 4.39 Å². The predicted octanol–water partition coefficient (Wildman–Crippen LogP) is 4.06. The van der Waals surface area contributed by atoms with Gasteiger partial charge in [0.15, 0.2) is 0 Å². The maximum Gasteiger partial charge on any atom is 0.130 e. The molecule has 0 aliphatic carbocycles. The van der Waals surface area contributed by atoms with Crippen LogP contribution in [0.2, 0.25) is 0 Å². The molecular formula is C20H22FN3. The van der Waals surface area contributed by atoms with E-state index >= 15 is 0 Å². The van der Waals surface area contributed by atoms with Crippen LogP contribution >= 0.6 is 0 Å². The lowest BCUT2D eigenvalue weighted by molar-refractivity contribution is 0.550. The third-order valence-electron chi connectivity index (χ3n) is 4.29. The van der Waals surface area contributed by atoms with Crippen LogP contribution < -0.4 is 5.32 Å². The van der Waals surface area contributed by atoms with Crippen LogP contribution in [0.25, 0.3) is 0 Å². The van der Waals surface area contributed by atoms with Gasteiger partial charge >= 0.3 is 0 Å². The Morgan fingerprint density at radius 1 is 1.17 bits per heavy atom. The molecule has 0 saturated carbocycles. The van der Waals surface area contributed by atoms with E-state index in [1.54, 1.807) is 18.3 Å². The fourth-order valence-electron chi connectivity index (χ4n) is 2.96. The van der Waals surface area contributed by atoms with Gasteiger partial charge in [0, 0.05) is 26.0 Å². The van der Waals surface area contributed by atoms with E-state index in [-0.39, 0.29) is 11.9 Å². The van der Waals surface area contributed by atoms with Crippen LogP contribution in [-0.2, 0) is 13.6 Å². The highest BCUT2D eigenvalue weighted by Gasteiger charge is 2.18. The van der Waals surface area contributed by atoms with Crippen molar-refractivity contribution in [3.63, 3.8) is 0 Å². The zero-order valence-electron chi connectivity index (χ0n) is 14.3. The zero-order chi connectivity index (χ0) is 17.1. The SMILES string of the molecule is Cc1ccc(CN[C@@H](c2cccc(F)c2)c2nccn2C)c(C)c1. The van der Waals surface area contributed by atoms with Gasteiger partial charge in [-0.2, -0.15) is 0 Å². The van der Waals surface area contributed by atoms with Crippen LogP contribution in [-0.4, -0.2) is 9.55 Å². The average molecular weight is 323 g/mol. The van der Waals surface area contributed by atoms with Gasteiger partial charge in [-0.3, -0.25) is 5.32 Å². The summed E-state index contributed by atoms with van der Waals surface area (Å²) in [6.07, 6.45) is 3.67. The summed E-state index contributed by atoms with van der Waals surface area (Å²) in [5.41, 5.74) is 4.60. The lowest BCUT2D eigenvalue weighted by Gasteiger charge is -2.20. The molecule has 3 aromatic rings. The lowest BCUT2D eigenvalue weighted by Crippen LogP contribution is -2.25. The highest BCUT2D eigenvalue weighted by Crippen LogP contribution is 2.22. The maximum atomic E-state index is 13.7. The minimum Gasteiger partial charge on any atom is -0.336 e. The van der Waals surface area contributed by atoms with Crippen molar-refractivity contribution < 1.29 is 4.39 Å². The van der Waals surface area contributed by atoms with Gasteiger partial charge in [-0.1, -0.05) is 35.9 Å². The van der Waals surface area contributed by atoms with Crippen molar-refractivity contribution in [3.05, 3.63) is 88.8 Å². The molecule has 0 bridgehead atoms. The van der Waals surface area contributed by atoms with Crippen molar-refractivity contribution in [2.45, 2.75) is 26.4 Å². The second kappa shape index (κ2) is 6.97. The van der Waals surface area contributed by atoms with Crippen LogP contribution in [0.1, 0.15) is 34.1 Å². The standard InChI is InChI=1S/C20H22FN3/c1-14-7-8-17(15(2)11-14)13-23-19(20-22-9-10-24(20)3)16-5-4-6-18(21)12-16/h4-12,19,23H,13H2,1-3H3/t19-/m0/s1. The first-order valence-corrected chi connectivity index (χ1v) is 8.07. The number of imidazole rings is 1. The van der Waals surface area contributed by atoms with Gasteiger partial charge in [-0.25, -0.2) is 9.37 Å². The zero-order valence-corrected chi connectivity index (χ0v) is 14.3. The summed E-state index contributed by atoms with van der Waals surface area (Å²) < 4.78 is 15.6. The molecule has 24 heavy (non-hydrogen) atoms. The fourth-order valence-corrected chi connectivity index (χ4v) is 2.96. The van der Waals surface area contributed by atoms with Crippen molar-refractivity contribution in [2.75, 3.05) is 0 Å². The maximum absolute atomic E-state index is 13.7. The van der Waals surface area contributed by atoms with Crippen LogP contribution in [0.3, 0.4) is 0 Å².